The third-order valence-corrected chi connectivity index (χ3v) is 5.76. The smallest absolute Gasteiger partial charge is 0.265 e. The molecule has 1 atom stereocenters. The molecule has 5 rings (SSSR count). The fraction of sp³-hybridized carbons (Fsp3) is 0.148. The van der Waals surface area contributed by atoms with E-state index in [2.05, 4.69) is 47.1 Å². The van der Waals surface area contributed by atoms with Crippen molar-refractivity contribution < 1.29 is 9.53 Å². The minimum absolute atomic E-state index is 0.174. The second-order valence-electron chi connectivity index (χ2n) is 7.75. The molecule has 4 heteroatoms. The number of rotatable bonds is 5. The van der Waals surface area contributed by atoms with Gasteiger partial charge in [0.1, 0.15) is 5.75 Å². The number of para-hydroxylation sites is 1. The van der Waals surface area contributed by atoms with Crippen molar-refractivity contribution in [1.82, 2.24) is 4.57 Å². The monoisotopic (exact) mass is 408 g/mol. The second-order valence-corrected chi connectivity index (χ2v) is 7.75. The molecule has 4 aromatic carbocycles. The quantitative estimate of drug-likeness (QED) is 0.367. The van der Waals surface area contributed by atoms with Crippen LogP contribution in [-0.4, -0.2) is 16.6 Å². The molecule has 154 valence electrons. The molecule has 0 saturated heterocycles. The topological polar surface area (TPSA) is 43.3 Å². The highest BCUT2D eigenvalue weighted by atomic mass is 16.5. The van der Waals surface area contributed by atoms with Crippen molar-refractivity contribution in [2.45, 2.75) is 26.5 Å². The minimum atomic E-state index is -0.617. The van der Waals surface area contributed by atoms with Crippen LogP contribution in [0, 0.1) is 0 Å². The van der Waals surface area contributed by atoms with Gasteiger partial charge in [-0.2, -0.15) is 0 Å². The minimum Gasteiger partial charge on any atom is -0.481 e. The van der Waals surface area contributed by atoms with E-state index >= 15 is 0 Å². The number of amides is 1. The van der Waals surface area contributed by atoms with Gasteiger partial charge in [-0.25, -0.2) is 0 Å². The summed E-state index contributed by atoms with van der Waals surface area (Å²) in [6, 6.07) is 28.4. The highest BCUT2D eigenvalue weighted by Gasteiger charge is 2.16. The van der Waals surface area contributed by atoms with Crippen molar-refractivity contribution in [2.75, 3.05) is 5.32 Å². The Morgan fingerprint density at radius 2 is 1.61 bits per heavy atom. The summed E-state index contributed by atoms with van der Waals surface area (Å²) in [7, 11) is 0. The number of nitrogens with zero attached hydrogens (tertiary/aromatic N) is 1. The van der Waals surface area contributed by atoms with E-state index in [1.54, 1.807) is 6.92 Å². The molecule has 0 aliphatic rings. The largest absolute Gasteiger partial charge is 0.481 e. The van der Waals surface area contributed by atoms with Crippen LogP contribution in [0.5, 0.6) is 5.75 Å². The Kier molecular flexibility index (Phi) is 4.83. The molecule has 1 unspecified atom stereocenters. The van der Waals surface area contributed by atoms with Gasteiger partial charge in [0.15, 0.2) is 6.10 Å². The molecular formula is C27H24N2O2. The molecule has 0 fully saturated rings. The van der Waals surface area contributed by atoms with E-state index in [1.165, 1.54) is 16.4 Å². The number of carbonyl (C=O) groups excluding carboxylic acids is 1. The molecule has 0 spiro atoms. The first-order valence-corrected chi connectivity index (χ1v) is 10.6. The van der Waals surface area contributed by atoms with Crippen molar-refractivity contribution >= 4 is 44.2 Å². The summed E-state index contributed by atoms with van der Waals surface area (Å²) < 4.78 is 8.21. The maximum absolute atomic E-state index is 12.8. The molecule has 1 amide bonds. The van der Waals surface area contributed by atoms with Crippen molar-refractivity contribution in [1.29, 1.82) is 0 Å². The summed E-state index contributed by atoms with van der Waals surface area (Å²) in [5, 5.41) is 7.57. The number of hydrogen-bond acceptors (Lipinski definition) is 2. The fourth-order valence-corrected chi connectivity index (χ4v) is 4.21. The van der Waals surface area contributed by atoms with Crippen LogP contribution in [0.3, 0.4) is 0 Å². The number of hydrogen-bond donors (Lipinski definition) is 1. The summed E-state index contributed by atoms with van der Waals surface area (Å²) in [6.07, 6.45) is -0.617. The lowest BCUT2D eigenvalue weighted by molar-refractivity contribution is -0.122. The first kappa shape index (κ1) is 19.2. The predicted octanol–water partition coefficient (Wildman–Crippen LogP) is 6.37. The van der Waals surface area contributed by atoms with Crippen LogP contribution in [0.4, 0.5) is 5.69 Å². The predicted molar refractivity (Wildman–Crippen MR) is 128 cm³/mol. The normalized spacial score (nSPS) is 12.3. The van der Waals surface area contributed by atoms with Crippen LogP contribution in [0.2, 0.25) is 0 Å². The summed E-state index contributed by atoms with van der Waals surface area (Å²) in [5.41, 5.74) is 3.14. The van der Waals surface area contributed by atoms with Gasteiger partial charge in [-0.1, -0.05) is 48.5 Å². The molecular weight excluding hydrogens is 384 g/mol. The summed E-state index contributed by atoms with van der Waals surface area (Å²) >= 11 is 0. The number of fused-ring (bicyclic) bond motifs is 4. The van der Waals surface area contributed by atoms with Gasteiger partial charge in [-0.3, -0.25) is 4.79 Å². The molecule has 1 aromatic heterocycles. The van der Waals surface area contributed by atoms with Crippen LogP contribution >= 0.6 is 0 Å². The van der Waals surface area contributed by atoms with Gasteiger partial charge < -0.3 is 14.6 Å². The third kappa shape index (κ3) is 3.50. The van der Waals surface area contributed by atoms with Crippen molar-refractivity contribution in [2.24, 2.45) is 0 Å². The summed E-state index contributed by atoms with van der Waals surface area (Å²) in [5.74, 6) is 0.509. The molecule has 0 aliphatic carbocycles. The van der Waals surface area contributed by atoms with Gasteiger partial charge in [0.05, 0.1) is 0 Å². The van der Waals surface area contributed by atoms with Crippen molar-refractivity contribution in [3.05, 3.63) is 84.9 Å². The van der Waals surface area contributed by atoms with Crippen LogP contribution in [0.1, 0.15) is 13.8 Å². The fourth-order valence-electron chi connectivity index (χ4n) is 4.21. The highest BCUT2D eigenvalue weighted by molar-refractivity contribution is 6.10. The molecule has 0 aliphatic heterocycles. The zero-order chi connectivity index (χ0) is 21.4. The lowest BCUT2D eigenvalue weighted by Gasteiger charge is -2.15. The zero-order valence-electron chi connectivity index (χ0n) is 17.6. The molecule has 1 heterocycles. The van der Waals surface area contributed by atoms with E-state index in [4.69, 9.17) is 4.74 Å². The van der Waals surface area contributed by atoms with E-state index < -0.39 is 6.10 Å². The van der Waals surface area contributed by atoms with E-state index in [1.807, 2.05) is 54.6 Å². The number of ether oxygens (including phenoxy) is 1. The van der Waals surface area contributed by atoms with Crippen LogP contribution < -0.4 is 10.1 Å². The zero-order valence-corrected chi connectivity index (χ0v) is 17.6. The molecule has 1 N–H and O–H groups in total. The van der Waals surface area contributed by atoms with Gasteiger partial charge in [0.2, 0.25) is 0 Å². The Morgan fingerprint density at radius 1 is 0.871 bits per heavy atom. The molecule has 0 radical (unpaired) electrons. The van der Waals surface area contributed by atoms with Gasteiger partial charge in [0, 0.05) is 34.0 Å². The lowest BCUT2D eigenvalue weighted by Crippen LogP contribution is -2.30. The van der Waals surface area contributed by atoms with Crippen molar-refractivity contribution in [3.63, 3.8) is 0 Å². The SMILES string of the molecule is CCn1c2ccccc2c2cc(NC(=O)C(C)Oc3ccc4ccccc4c3)ccc21. The average molecular weight is 409 g/mol. The summed E-state index contributed by atoms with van der Waals surface area (Å²) in [6.45, 7) is 4.81. The van der Waals surface area contributed by atoms with E-state index in [-0.39, 0.29) is 5.91 Å². The Morgan fingerprint density at radius 3 is 2.45 bits per heavy atom. The number of nitrogens with one attached hydrogen (secondary N) is 1. The maximum Gasteiger partial charge on any atom is 0.265 e. The lowest BCUT2D eigenvalue weighted by atomic mass is 10.1. The number of aromatic nitrogens is 1. The van der Waals surface area contributed by atoms with E-state index in [0.29, 0.717) is 5.75 Å². The number of benzene rings is 4. The van der Waals surface area contributed by atoms with Gasteiger partial charge >= 0.3 is 0 Å². The second kappa shape index (κ2) is 7.80. The van der Waals surface area contributed by atoms with Crippen LogP contribution in [0.25, 0.3) is 32.6 Å². The molecule has 31 heavy (non-hydrogen) atoms. The van der Waals surface area contributed by atoms with E-state index in [9.17, 15) is 4.79 Å². The van der Waals surface area contributed by atoms with Gasteiger partial charge in [0.25, 0.3) is 5.91 Å². The first-order chi connectivity index (χ1) is 15.1. The number of anilines is 1. The van der Waals surface area contributed by atoms with E-state index in [0.717, 1.165) is 28.4 Å². The van der Waals surface area contributed by atoms with Gasteiger partial charge in [-0.15, -0.1) is 0 Å². The molecule has 4 nitrogen and oxygen atoms in total. The molecule has 5 aromatic rings. The standard InChI is InChI=1S/C27H24N2O2/c1-3-29-25-11-7-6-10-23(25)24-17-21(13-15-26(24)29)28-27(30)18(2)31-22-14-12-19-8-4-5-9-20(19)16-22/h4-18H,3H2,1-2H3,(H,28,30). The first-order valence-electron chi connectivity index (χ1n) is 10.6. The molecule has 0 saturated carbocycles. The Balaban J connectivity index is 1.38. The third-order valence-electron chi connectivity index (χ3n) is 5.76. The molecule has 0 bridgehead atoms. The van der Waals surface area contributed by atoms with Crippen LogP contribution in [0.15, 0.2) is 84.9 Å². The van der Waals surface area contributed by atoms with Gasteiger partial charge in [-0.05, 0) is 61.0 Å². The Bertz CT molecular complexity index is 1420. The summed E-state index contributed by atoms with van der Waals surface area (Å²) in [4.78, 5) is 12.8. The number of carbonyl (C=O) groups is 1. The Hall–Kier alpha value is -3.79. The van der Waals surface area contributed by atoms with Crippen LogP contribution in [-0.2, 0) is 11.3 Å². The maximum atomic E-state index is 12.8. The number of aryl methyl sites for hydroxylation is 1. The Labute approximate surface area is 181 Å². The van der Waals surface area contributed by atoms with Crippen molar-refractivity contribution in [3.8, 4) is 5.75 Å². The average Bonchev–Trinajstić information content (AvgIpc) is 3.12. The highest BCUT2D eigenvalue weighted by Crippen LogP contribution is 2.31.